The predicted molar refractivity (Wildman–Crippen MR) is 148 cm³/mol. The van der Waals surface area contributed by atoms with Gasteiger partial charge in [-0.25, -0.2) is 9.79 Å². The Labute approximate surface area is 227 Å². The number of ether oxygens (including phenoxy) is 3. The van der Waals surface area contributed by atoms with Crippen LogP contribution in [-0.4, -0.2) is 45.5 Å². The average molecular weight is 587 g/mol. The minimum atomic E-state index is -0.736. The summed E-state index contributed by atoms with van der Waals surface area (Å²) in [6, 6.07) is 10.5. The van der Waals surface area contributed by atoms with Gasteiger partial charge in [-0.2, -0.15) is 0 Å². The SMILES string of the molecule is CCOC(=O)C1=C(C)N=c2s/c(=C/c3ccc(N(C)C)c(Br)c3)c(=O)n2[C@@H]1c1ccc(OC)c(OC)c1. The van der Waals surface area contributed by atoms with Crippen LogP contribution >= 0.6 is 27.3 Å². The Balaban J connectivity index is 1.94. The van der Waals surface area contributed by atoms with Crippen LogP contribution in [0.4, 0.5) is 5.69 Å². The summed E-state index contributed by atoms with van der Waals surface area (Å²) in [6.07, 6.45) is 1.84. The van der Waals surface area contributed by atoms with Crippen molar-refractivity contribution in [1.82, 2.24) is 4.57 Å². The number of rotatable bonds is 7. The van der Waals surface area contributed by atoms with E-state index in [0.717, 1.165) is 15.7 Å². The maximum atomic E-state index is 13.8. The quantitative estimate of drug-likeness (QED) is 0.394. The third-order valence-electron chi connectivity index (χ3n) is 5.99. The first kappa shape index (κ1) is 26.7. The van der Waals surface area contributed by atoms with E-state index in [1.165, 1.54) is 11.3 Å². The van der Waals surface area contributed by atoms with Crippen molar-refractivity contribution in [3.8, 4) is 11.5 Å². The Hall–Kier alpha value is -3.37. The molecule has 8 nitrogen and oxygen atoms in total. The van der Waals surface area contributed by atoms with Crippen molar-refractivity contribution in [3.63, 3.8) is 0 Å². The van der Waals surface area contributed by atoms with Gasteiger partial charge in [-0.1, -0.05) is 23.5 Å². The summed E-state index contributed by atoms with van der Waals surface area (Å²) in [5.41, 5.74) is 3.15. The molecule has 1 atom stereocenters. The fourth-order valence-electron chi connectivity index (χ4n) is 4.26. The Kier molecular flexibility index (Phi) is 7.89. The van der Waals surface area contributed by atoms with Crippen LogP contribution in [0.2, 0.25) is 0 Å². The minimum Gasteiger partial charge on any atom is -0.493 e. The lowest BCUT2D eigenvalue weighted by molar-refractivity contribution is -0.139. The van der Waals surface area contributed by atoms with E-state index in [1.54, 1.807) is 44.8 Å². The highest BCUT2D eigenvalue weighted by Crippen LogP contribution is 2.36. The van der Waals surface area contributed by atoms with Crippen molar-refractivity contribution in [3.05, 3.63) is 83.0 Å². The van der Waals surface area contributed by atoms with E-state index in [-0.39, 0.29) is 12.2 Å². The van der Waals surface area contributed by atoms with Crippen LogP contribution in [0.25, 0.3) is 6.08 Å². The van der Waals surface area contributed by atoms with Gasteiger partial charge in [0.2, 0.25) is 0 Å². The molecule has 0 radical (unpaired) electrons. The predicted octanol–water partition coefficient (Wildman–Crippen LogP) is 3.64. The van der Waals surface area contributed by atoms with Crippen LogP contribution in [0.5, 0.6) is 11.5 Å². The Morgan fingerprint density at radius 3 is 2.51 bits per heavy atom. The van der Waals surface area contributed by atoms with Gasteiger partial charge < -0.3 is 19.1 Å². The summed E-state index contributed by atoms with van der Waals surface area (Å²) < 4.78 is 19.2. The van der Waals surface area contributed by atoms with Gasteiger partial charge in [0.25, 0.3) is 5.56 Å². The van der Waals surface area contributed by atoms with E-state index in [2.05, 4.69) is 20.9 Å². The third-order valence-corrected chi connectivity index (χ3v) is 7.61. The first-order valence-corrected chi connectivity index (χ1v) is 13.2. The van der Waals surface area contributed by atoms with Gasteiger partial charge in [0.15, 0.2) is 16.3 Å². The maximum absolute atomic E-state index is 13.8. The normalized spacial score (nSPS) is 15.2. The highest BCUT2D eigenvalue weighted by molar-refractivity contribution is 9.10. The molecule has 1 aliphatic rings. The molecule has 2 heterocycles. The molecule has 0 spiro atoms. The van der Waals surface area contributed by atoms with Crippen molar-refractivity contribution in [2.24, 2.45) is 4.99 Å². The number of hydrogen-bond donors (Lipinski definition) is 0. The molecule has 0 amide bonds. The Morgan fingerprint density at radius 2 is 1.89 bits per heavy atom. The fraction of sp³-hybridized carbons (Fsp3) is 0.296. The number of anilines is 1. The zero-order chi connectivity index (χ0) is 26.9. The minimum absolute atomic E-state index is 0.205. The summed E-state index contributed by atoms with van der Waals surface area (Å²) >= 11 is 4.89. The number of fused-ring (bicyclic) bond motifs is 1. The number of halogens is 1. The second-order valence-electron chi connectivity index (χ2n) is 8.52. The van der Waals surface area contributed by atoms with Gasteiger partial charge in [0, 0.05) is 18.6 Å². The van der Waals surface area contributed by atoms with Gasteiger partial charge in [0.1, 0.15) is 0 Å². The summed E-state index contributed by atoms with van der Waals surface area (Å²) in [6.45, 7) is 3.71. The fourth-order valence-corrected chi connectivity index (χ4v) is 6.05. The monoisotopic (exact) mass is 585 g/mol. The summed E-state index contributed by atoms with van der Waals surface area (Å²) in [5, 5.41) is 0. The van der Waals surface area contributed by atoms with E-state index < -0.39 is 12.0 Å². The second kappa shape index (κ2) is 10.9. The lowest BCUT2D eigenvalue weighted by Gasteiger charge is -2.25. The Bertz CT molecular complexity index is 1570. The average Bonchev–Trinajstić information content (AvgIpc) is 3.16. The zero-order valence-corrected chi connectivity index (χ0v) is 23.9. The van der Waals surface area contributed by atoms with E-state index >= 15 is 0 Å². The zero-order valence-electron chi connectivity index (χ0n) is 21.5. The number of hydrogen-bond acceptors (Lipinski definition) is 8. The van der Waals surface area contributed by atoms with E-state index in [1.807, 2.05) is 49.3 Å². The van der Waals surface area contributed by atoms with E-state index in [9.17, 15) is 9.59 Å². The molecule has 4 rings (SSSR count). The van der Waals surface area contributed by atoms with Gasteiger partial charge >= 0.3 is 5.97 Å². The number of esters is 1. The standard InChI is InChI=1S/C27H28BrN3O5S/c1-7-36-26(33)23-15(2)29-27-31(24(23)17-9-11-20(34-5)21(14-17)35-6)25(32)22(37-27)13-16-8-10-19(30(3)4)18(28)12-16/h8-14,24H,7H2,1-6H3/b22-13+/t24-/m1/s1. The van der Waals surface area contributed by atoms with Gasteiger partial charge in [0.05, 0.1) is 48.4 Å². The molecular formula is C27H28BrN3O5S. The molecular weight excluding hydrogens is 558 g/mol. The highest BCUT2D eigenvalue weighted by Gasteiger charge is 2.33. The van der Waals surface area contributed by atoms with Crippen molar-refractivity contribution < 1.29 is 19.0 Å². The summed E-state index contributed by atoms with van der Waals surface area (Å²) in [5.74, 6) is 0.524. The van der Waals surface area contributed by atoms with Gasteiger partial charge in [-0.3, -0.25) is 9.36 Å². The van der Waals surface area contributed by atoms with E-state index in [4.69, 9.17) is 14.2 Å². The van der Waals surface area contributed by atoms with Crippen LogP contribution < -0.4 is 29.3 Å². The molecule has 0 fully saturated rings. The lowest BCUT2D eigenvalue weighted by atomic mass is 9.95. The molecule has 0 saturated carbocycles. The molecule has 0 saturated heterocycles. The third kappa shape index (κ3) is 5.08. The van der Waals surface area contributed by atoms with Crippen LogP contribution in [0.15, 0.2) is 61.9 Å². The number of aromatic nitrogens is 1. The van der Waals surface area contributed by atoms with Crippen molar-refractivity contribution in [2.45, 2.75) is 19.9 Å². The first-order valence-electron chi connectivity index (χ1n) is 11.6. The number of carbonyl (C=O) groups excluding carboxylic acids is 1. The van der Waals surface area contributed by atoms with E-state index in [0.29, 0.717) is 37.7 Å². The highest BCUT2D eigenvalue weighted by atomic mass is 79.9. The molecule has 1 aromatic heterocycles. The largest absolute Gasteiger partial charge is 0.493 e. The van der Waals surface area contributed by atoms with Crippen molar-refractivity contribution >= 4 is 45.0 Å². The maximum Gasteiger partial charge on any atom is 0.338 e. The molecule has 194 valence electrons. The number of benzene rings is 2. The van der Waals surface area contributed by atoms with Crippen molar-refractivity contribution in [2.75, 3.05) is 39.8 Å². The smallest absolute Gasteiger partial charge is 0.338 e. The molecule has 0 unspecified atom stereocenters. The molecule has 0 bridgehead atoms. The molecule has 2 aromatic carbocycles. The molecule has 0 aliphatic carbocycles. The first-order chi connectivity index (χ1) is 17.7. The number of allylic oxidation sites excluding steroid dienone is 1. The van der Waals surface area contributed by atoms with Crippen LogP contribution in [0.1, 0.15) is 31.0 Å². The lowest BCUT2D eigenvalue weighted by Crippen LogP contribution is -2.40. The van der Waals surface area contributed by atoms with Gasteiger partial charge in [-0.15, -0.1) is 0 Å². The molecule has 0 N–H and O–H groups in total. The molecule has 1 aliphatic heterocycles. The topological polar surface area (TPSA) is 82.4 Å². The number of thiazole rings is 1. The second-order valence-corrected chi connectivity index (χ2v) is 10.4. The Morgan fingerprint density at radius 1 is 1.16 bits per heavy atom. The molecule has 37 heavy (non-hydrogen) atoms. The molecule has 3 aromatic rings. The number of carbonyl (C=O) groups is 1. The number of methoxy groups -OCH3 is 2. The van der Waals surface area contributed by atoms with Crippen molar-refractivity contribution in [1.29, 1.82) is 0 Å². The summed E-state index contributed by atoms with van der Waals surface area (Å²) in [7, 11) is 7.03. The van der Waals surface area contributed by atoms with Crippen LogP contribution in [0.3, 0.4) is 0 Å². The summed E-state index contributed by atoms with van der Waals surface area (Å²) in [4.78, 5) is 34.0. The van der Waals surface area contributed by atoms with Crippen LogP contribution in [0, 0.1) is 0 Å². The molecule has 10 heteroatoms. The van der Waals surface area contributed by atoms with Gasteiger partial charge in [-0.05, 0) is 71.2 Å². The number of nitrogens with zero attached hydrogens (tertiary/aromatic N) is 3. The van der Waals surface area contributed by atoms with Crippen LogP contribution in [-0.2, 0) is 9.53 Å².